The van der Waals surface area contributed by atoms with E-state index in [2.05, 4.69) is 39.1 Å². The zero-order chi connectivity index (χ0) is 19.1. The number of aromatic nitrogens is 3. The Labute approximate surface area is 166 Å². The molecular formula is C22H17ClN4O. The van der Waals surface area contributed by atoms with Crippen molar-refractivity contribution in [2.75, 3.05) is 11.4 Å². The first-order chi connectivity index (χ1) is 13.7. The van der Waals surface area contributed by atoms with Crippen molar-refractivity contribution in [1.29, 1.82) is 0 Å². The number of pyridine rings is 1. The Hall–Kier alpha value is -3.18. The molecule has 0 unspecified atom stereocenters. The Bertz CT molecular complexity index is 1250. The third-order valence-electron chi connectivity index (χ3n) is 5.16. The Morgan fingerprint density at radius 2 is 1.75 bits per heavy atom. The lowest BCUT2D eigenvalue weighted by Crippen LogP contribution is -2.31. The van der Waals surface area contributed by atoms with Crippen molar-refractivity contribution in [3.63, 3.8) is 0 Å². The van der Waals surface area contributed by atoms with Crippen LogP contribution in [-0.2, 0) is 13.0 Å². The van der Waals surface area contributed by atoms with Crippen LogP contribution in [0.15, 0.2) is 71.8 Å². The average molecular weight is 389 g/mol. The highest BCUT2D eigenvalue weighted by atomic mass is 35.5. The summed E-state index contributed by atoms with van der Waals surface area (Å²) in [7, 11) is 0. The van der Waals surface area contributed by atoms with Crippen molar-refractivity contribution in [2.24, 2.45) is 0 Å². The lowest BCUT2D eigenvalue weighted by atomic mass is 10.0. The molecule has 0 amide bonds. The van der Waals surface area contributed by atoms with Crippen LogP contribution in [0.4, 0.5) is 5.95 Å². The summed E-state index contributed by atoms with van der Waals surface area (Å²) in [4.78, 5) is 24.2. The Morgan fingerprint density at radius 1 is 0.964 bits per heavy atom. The van der Waals surface area contributed by atoms with Gasteiger partial charge < -0.3 is 4.90 Å². The van der Waals surface area contributed by atoms with Gasteiger partial charge in [-0.1, -0.05) is 48.0 Å². The molecule has 5 nitrogen and oxygen atoms in total. The molecule has 0 N–H and O–H groups in total. The second kappa shape index (κ2) is 6.77. The summed E-state index contributed by atoms with van der Waals surface area (Å²) in [5, 5.41) is 0.997. The molecule has 0 atom stereocenters. The van der Waals surface area contributed by atoms with Gasteiger partial charge in [-0.3, -0.25) is 9.36 Å². The van der Waals surface area contributed by atoms with Gasteiger partial charge in [-0.2, -0.15) is 0 Å². The van der Waals surface area contributed by atoms with Gasteiger partial charge in [-0.05, 0) is 35.7 Å². The maximum Gasteiger partial charge on any atom is 0.266 e. The van der Waals surface area contributed by atoms with Gasteiger partial charge in [0.15, 0.2) is 0 Å². The van der Waals surface area contributed by atoms with Crippen LogP contribution in [0, 0.1) is 0 Å². The zero-order valence-corrected chi connectivity index (χ0v) is 15.8. The van der Waals surface area contributed by atoms with Gasteiger partial charge in [0.05, 0.1) is 21.6 Å². The van der Waals surface area contributed by atoms with E-state index in [9.17, 15) is 4.79 Å². The number of rotatable bonds is 2. The molecule has 2 aromatic carbocycles. The molecule has 5 rings (SSSR count). The highest BCUT2D eigenvalue weighted by molar-refractivity contribution is 6.32. The van der Waals surface area contributed by atoms with Crippen molar-refractivity contribution in [2.45, 2.75) is 13.0 Å². The Morgan fingerprint density at radius 3 is 2.61 bits per heavy atom. The predicted molar refractivity (Wildman–Crippen MR) is 111 cm³/mol. The van der Waals surface area contributed by atoms with E-state index in [1.54, 1.807) is 18.5 Å². The number of fused-ring (bicyclic) bond motifs is 2. The fraction of sp³-hybridized carbons (Fsp3) is 0.136. The van der Waals surface area contributed by atoms with Gasteiger partial charge in [-0.15, -0.1) is 0 Å². The van der Waals surface area contributed by atoms with Crippen molar-refractivity contribution < 1.29 is 0 Å². The predicted octanol–water partition coefficient (Wildman–Crippen LogP) is 4.00. The Kier molecular flexibility index (Phi) is 4.10. The van der Waals surface area contributed by atoms with Crippen LogP contribution in [0.1, 0.15) is 11.1 Å². The summed E-state index contributed by atoms with van der Waals surface area (Å²) >= 11 is 6.25. The average Bonchev–Trinajstić information content (AvgIpc) is 2.74. The molecule has 0 radical (unpaired) electrons. The van der Waals surface area contributed by atoms with Gasteiger partial charge in [-0.25, -0.2) is 9.97 Å². The van der Waals surface area contributed by atoms with Crippen molar-refractivity contribution in [1.82, 2.24) is 14.5 Å². The summed E-state index contributed by atoms with van der Waals surface area (Å²) in [6.07, 6.45) is 4.30. The molecule has 4 aromatic rings. The van der Waals surface area contributed by atoms with E-state index in [0.717, 1.165) is 19.5 Å². The van der Waals surface area contributed by atoms with Crippen LogP contribution in [0.2, 0.25) is 5.02 Å². The number of hydrogen-bond acceptors (Lipinski definition) is 4. The van der Waals surface area contributed by atoms with Crippen LogP contribution >= 0.6 is 11.6 Å². The zero-order valence-electron chi connectivity index (χ0n) is 15.0. The van der Waals surface area contributed by atoms with Crippen LogP contribution in [-0.4, -0.2) is 21.1 Å². The van der Waals surface area contributed by atoms with E-state index in [1.165, 1.54) is 15.7 Å². The molecule has 0 bridgehead atoms. The highest BCUT2D eigenvalue weighted by Gasteiger charge is 2.19. The number of hydrogen-bond donors (Lipinski definition) is 0. The minimum absolute atomic E-state index is 0.180. The largest absolute Gasteiger partial charge is 0.336 e. The lowest BCUT2D eigenvalue weighted by molar-refractivity contribution is 0.710. The summed E-state index contributed by atoms with van der Waals surface area (Å²) in [5.41, 5.74) is 3.78. The van der Waals surface area contributed by atoms with Gasteiger partial charge in [0, 0.05) is 25.5 Å². The van der Waals surface area contributed by atoms with Crippen LogP contribution < -0.4 is 10.5 Å². The van der Waals surface area contributed by atoms with Crippen molar-refractivity contribution >= 4 is 28.5 Å². The minimum Gasteiger partial charge on any atom is -0.336 e. The quantitative estimate of drug-likeness (QED) is 0.521. The molecule has 0 saturated heterocycles. The third-order valence-corrected chi connectivity index (χ3v) is 5.48. The SMILES string of the molecule is O=c1c2cnc(N3CCc4ccccc4C3)nc2ccn1-c1ccccc1Cl. The lowest BCUT2D eigenvalue weighted by Gasteiger charge is -2.28. The van der Waals surface area contributed by atoms with Crippen molar-refractivity contribution in [3.8, 4) is 5.69 Å². The molecule has 2 aromatic heterocycles. The molecule has 1 aliphatic rings. The normalized spacial score (nSPS) is 13.5. The summed E-state index contributed by atoms with van der Waals surface area (Å²) in [5.74, 6) is 0.650. The fourth-order valence-corrected chi connectivity index (χ4v) is 3.90. The first-order valence-electron chi connectivity index (χ1n) is 9.16. The molecule has 3 heterocycles. The van der Waals surface area contributed by atoms with Crippen LogP contribution in [0.5, 0.6) is 0 Å². The number of halogens is 1. The van der Waals surface area contributed by atoms with Gasteiger partial charge in [0.2, 0.25) is 5.95 Å². The molecule has 28 heavy (non-hydrogen) atoms. The molecular weight excluding hydrogens is 372 g/mol. The smallest absolute Gasteiger partial charge is 0.266 e. The second-order valence-electron chi connectivity index (χ2n) is 6.85. The number of anilines is 1. The molecule has 6 heteroatoms. The standard InChI is InChI=1S/C22H17ClN4O/c23-18-7-3-4-8-20(18)27-12-10-19-17(21(27)28)13-24-22(25-19)26-11-9-15-5-1-2-6-16(15)14-26/h1-8,10,12-13H,9,11,14H2. The fourth-order valence-electron chi connectivity index (χ4n) is 3.68. The first kappa shape index (κ1) is 17.0. The van der Waals surface area contributed by atoms with E-state index in [-0.39, 0.29) is 5.56 Å². The van der Waals surface area contributed by atoms with E-state index in [1.807, 2.05) is 24.3 Å². The number of nitrogens with zero attached hydrogens (tertiary/aromatic N) is 4. The topological polar surface area (TPSA) is 51.0 Å². The molecule has 1 aliphatic heterocycles. The van der Waals surface area contributed by atoms with E-state index < -0.39 is 0 Å². The highest BCUT2D eigenvalue weighted by Crippen LogP contribution is 2.23. The number of benzene rings is 2. The van der Waals surface area contributed by atoms with E-state index >= 15 is 0 Å². The second-order valence-corrected chi connectivity index (χ2v) is 7.26. The van der Waals surface area contributed by atoms with Gasteiger partial charge in [0.25, 0.3) is 5.56 Å². The van der Waals surface area contributed by atoms with Gasteiger partial charge >= 0.3 is 0 Å². The summed E-state index contributed by atoms with van der Waals surface area (Å²) in [6.45, 7) is 1.64. The van der Waals surface area contributed by atoms with Gasteiger partial charge in [0.1, 0.15) is 0 Å². The van der Waals surface area contributed by atoms with E-state index in [4.69, 9.17) is 11.6 Å². The molecule has 138 valence electrons. The molecule has 0 fully saturated rings. The maximum absolute atomic E-state index is 12.9. The van der Waals surface area contributed by atoms with E-state index in [0.29, 0.717) is 27.6 Å². The minimum atomic E-state index is -0.180. The summed E-state index contributed by atoms with van der Waals surface area (Å²) in [6, 6.07) is 17.6. The number of para-hydroxylation sites is 1. The molecule has 0 aliphatic carbocycles. The van der Waals surface area contributed by atoms with Crippen molar-refractivity contribution in [3.05, 3.63) is 93.5 Å². The summed E-state index contributed by atoms with van der Waals surface area (Å²) < 4.78 is 1.53. The Balaban J connectivity index is 1.54. The third kappa shape index (κ3) is 2.84. The first-order valence-corrected chi connectivity index (χ1v) is 9.53. The maximum atomic E-state index is 12.9. The van der Waals surface area contributed by atoms with Crippen LogP contribution in [0.25, 0.3) is 16.6 Å². The molecule has 0 spiro atoms. The van der Waals surface area contributed by atoms with Crippen LogP contribution in [0.3, 0.4) is 0 Å². The monoisotopic (exact) mass is 388 g/mol. The molecule has 0 saturated carbocycles.